The summed E-state index contributed by atoms with van der Waals surface area (Å²) in [5, 5.41) is 26.1. The van der Waals surface area contributed by atoms with Crippen molar-refractivity contribution in [2.75, 3.05) is 13.7 Å². The van der Waals surface area contributed by atoms with Gasteiger partial charge in [0, 0.05) is 22.8 Å². The van der Waals surface area contributed by atoms with Crippen LogP contribution in [0.1, 0.15) is 46.0 Å². The fraction of sp³-hybridized carbons (Fsp3) is 0.219. The summed E-state index contributed by atoms with van der Waals surface area (Å²) in [6.07, 6.45) is 0. The maximum atomic E-state index is 15.9. The van der Waals surface area contributed by atoms with Crippen LogP contribution in [-0.4, -0.2) is 39.7 Å². The molecule has 5 rings (SSSR count). The molecule has 1 amide bonds. The molecule has 1 atom stereocenters. The van der Waals surface area contributed by atoms with Crippen LogP contribution in [0.2, 0.25) is 5.02 Å². The number of nitrogens with one attached hydrogen (secondary N) is 1. The van der Waals surface area contributed by atoms with Crippen LogP contribution in [0.5, 0.6) is 5.75 Å². The zero-order valence-electron chi connectivity index (χ0n) is 24.0. The number of amides is 1. The maximum absolute atomic E-state index is 15.9. The molecule has 2 aromatic heterocycles. The molecule has 2 heterocycles. The number of thiazole rings is 1. The molecule has 0 bridgehead atoms. The minimum Gasteiger partial charge on any atom is -0.494 e. The molecule has 0 saturated heterocycles. The van der Waals surface area contributed by atoms with Crippen LogP contribution >= 0.6 is 22.9 Å². The van der Waals surface area contributed by atoms with Gasteiger partial charge in [0.25, 0.3) is 5.91 Å². The molecule has 0 saturated carbocycles. The lowest BCUT2D eigenvalue weighted by atomic mass is 9.86. The van der Waals surface area contributed by atoms with E-state index in [1.165, 1.54) is 38.4 Å². The van der Waals surface area contributed by atoms with Gasteiger partial charge in [-0.2, -0.15) is 0 Å². The fourth-order valence-electron chi connectivity index (χ4n) is 4.83. The maximum Gasteiger partial charge on any atom is 0.251 e. The second kappa shape index (κ2) is 11.8. The molecule has 0 aliphatic carbocycles. The van der Waals surface area contributed by atoms with Gasteiger partial charge in [-0.15, -0.1) is 11.3 Å². The highest BCUT2D eigenvalue weighted by molar-refractivity contribution is 7.18. The van der Waals surface area contributed by atoms with Crippen molar-refractivity contribution in [1.82, 2.24) is 15.3 Å². The van der Waals surface area contributed by atoms with E-state index in [2.05, 4.69) is 15.3 Å². The van der Waals surface area contributed by atoms with Crippen LogP contribution in [-0.2, 0) is 11.2 Å². The van der Waals surface area contributed by atoms with Crippen molar-refractivity contribution in [2.45, 2.75) is 32.0 Å². The number of aliphatic hydroxyl groups is 2. The SMILES string of the molecule is COc1cc(C(=O)NC[C@@](O)(c2ccccc2)c2cc(C(C)(C)O)c(F)c(-c3cc(Cl)c(F)cc3F)n2)cc2sc(C)nc12. The zero-order chi connectivity index (χ0) is 32.0. The fourth-order valence-corrected chi connectivity index (χ4v) is 5.88. The van der Waals surface area contributed by atoms with Crippen LogP contribution in [0.25, 0.3) is 21.5 Å². The van der Waals surface area contributed by atoms with E-state index in [0.29, 0.717) is 17.3 Å². The lowest BCUT2D eigenvalue weighted by Gasteiger charge is -2.31. The quantitative estimate of drug-likeness (QED) is 0.164. The van der Waals surface area contributed by atoms with Crippen LogP contribution in [0.3, 0.4) is 0 Å². The summed E-state index contributed by atoms with van der Waals surface area (Å²) >= 11 is 7.28. The number of methoxy groups -OCH3 is 1. The van der Waals surface area contributed by atoms with Gasteiger partial charge in [0.15, 0.2) is 5.82 Å². The number of nitrogens with zero attached hydrogens (tertiary/aromatic N) is 2. The molecule has 7 nitrogen and oxygen atoms in total. The predicted octanol–water partition coefficient (Wildman–Crippen LogP) is 6.64. The average molecular weight is 642 g/mol. The van der Waals surface area contributed by atoms with Gasteiger partial charge in [-0.25, -0.2) is 23.1 Å². The summed E-state index contributed by atoms with van der Waals surface area (Å²) in [5.41, 5.74) is -4.47. The number of ether oxygens (including phenoxy) is 1. The normalized spacial score (nSPS) is 13.1. The predicted molar refractivity (Wildman–Crippen MR) is 162 cm³/mol. The number of rotatable bonds is 8. The summed E-state index contributed by atoms with van der Waals surface area (Å²) < 4.78 is 51.0. The van der Waals surface area contributed by atoms with Gasteiger partial charge in [-0.05, 0) is 50.6 Å². The van der Waals surface area contributed by atoms with E-state index < -0.39 is 57.4 Å². The minimum atomic E-state index is -2.12. The first-order valence-electron chi connectivity index (χ1n) is 13.3. The van der Waals surface area contributed by atoms with Crippen molar-refractivity contribution in [2.24, 2.45) is 0 Å². The molecule has 3 N–H and O–H groups in total. The first kappa shape index (κ1) is 31.4. The minimum absolute atomic E-state index is 0.219. The van der Waals surface area contributed by atoms with E-state index in [0.717, 1.165) is 21.8 Å². The second-order valence-electron chi connectivity index (χ2n) is 10.7. The Bertz CT molecular complexity index is 1900. The molecule has 228 valence electrons. The highest BCUT2D eigenvalue weighted by atomic mass is 35.5. The number of carbonyl (C=O) groups excluding carboxylic acids is 1. The number of benzene rings is 3. The van der Waals surface area contributed by atoms with E-state index in [9.17, 15) is 23.8 Å². The largest absolute Gasteiger partial charge is 0.494 e. The summed E-state index contributed by atoms with van der Waals surface area (Å²) in [4.78, 5) is 22.2. The van der Waals surface area contributed by atoms with Gasteiger partial charge < -0.3 is 20.3 Å². The van der Waals surface area contributed by atoms with Crippen molar-refractivity contribution < 1.29 is 32.9 Å². The van der Waals surface area contributed by atoms with E-state index in [-0.39, 0.29) is 22.4 Å². The topological polar surface area (TPSA) is 105 Å². The van der Waals surface area contributed by atoms with Gasteiger partial charge >= 0.3 is 0 Å². The molecule has 0 unspecified atom stereocenters. The molecular weight excluding hydrogens is 615 g/mol. The first-order valence-corrected chi connectivity index (χ1v) is 14.5. The number of aryl methyl sites for hydroxylation is 1. The Morgan fingerprint density at radius 1 is 1.02 bits per heavy atom. The molecule has 0 aliphatic heterocycles. The lowest BCUT2D eigenvalue weighted by Crippen LogP contribution is -2.42. The first-order chi connectivity index (χ1) is 20.7. The molecule has 12 heteroatoms. The van der Waals surface area contributed by atoms with Crippen molar-refractivity contribution in [1.29, 1.82) is 0 Å². The third-order valence-corrected chi connectivity index (χ3v) is 8.32. The standard InChI is InChI=1S/C32H27ClF3N3O4S/c1-16-38-29-24(43-4)10-17(11-25(29)44-16)30(40)37-15-32(42,18-8-6-5-7-9-18)26-13-20(31(2,3)41)27(36)28(39-26)19-12-21(33)23(35)14-22(19)34/h5-14,41-42H,15H2,1-4H3,(H,37,40)/t32-/m1/s1. The lowest BCUT2D eigenvalue weighted by molar-refractivity contribution is 0.0625. The van der Waals surface area contributed by atoms with E-state index in [1.54, 1.807) is 36.4 Å². The van der Waals surface area contributed by atoms with Crippen LogP contribution in [0, 0.1) is 24.4 Å². The number of aromatic nitrogens is 2. The van der Waals surface area contributed by atoms with Crippen molar-refractivity contribution in [3.8, 4) is 17.0 Å². The van der Waals surface area contributed by atoms with Crippen molar-refractivity contribution in [3.05, 3.63) is 111 Å². The summed E-state index contributed by atoms with van der Waals surface area (Å²) in [6.45, 7) is 3.98. The van der Waals surface area contributed by atoms with Crippen LogP contribution in [0.4, 0.5) is 13.2 Å². The average Bonchev–Trinajstić information content (AvgIpc) is 3.37. The number of hydrogen-bond acceptors (Lipinski definition) is 7. The molecule has 3 aromatic carbocycles. The van der Waals surface area contributed by atoms with E-state index >= 15 is 4.39 Å². The molecular formula is C32H27ClF3N3O4S. The third-order valence-electron chi connectivity index (χ3n) is 7.11. The van der Waals surface area contributed by atoms with Crippen molar-refractivity contribution >= 4 is 39.1 Å². The number of pyridine rings is 1. The molecule has 0 fully saturated rings. The number of hydrogen-bond donors (Lipinski definition) is 3. The number of halogens is 4. The Balaban J connectivity index is 1.64. The van der Waals surface area contributed by atoms with Crippen molar-refractivity contribution in [3.63, 3.8) is 0 Å². The smallest absolute Gasteiger partial charge is 0.251 e. The molecule has 0 aliphatic rings. The Kier molecular flexibility index (Phi) is 8.43. The Morgan fingerprint density at radius 2 is 1.73 bits per heavy atom. The summed E-state index contributed by atoms with van der Waals surface area (Å²) in [7, 11) is 1.47. The monoisotopic (exact) mass is 641 g/mol. The summed E-state index contributed by atoms with van der Waals surface area (Å²) in [6, 6.07) is 13.9. The Morgan fingerprint density at radius 3 is 2.39 bits per heavy atom. The van der Waals surface area contributed by atoms with E-state index in [4.69, 9.17) is 16.3 Å². The third kappa shape index (κ3) is 5.88. The van der Waals surface area contributed by atoms with Gasteiger partial charge in [-0.3, -0.25) is 4.79 Å². The van der Waals surface area contributed by atoms with Crippen LogP contribution in [0.15, 0.2) is 60.7 Å². The molecule has 5 aromatic rings. The Hall–Kier alpha value is -4.03. The van der Waals surface area contributed by atoms with Gasteiger partial charge in [0.1, 0.15) is 34.2 Å². The number of carbonyl (C=O) groups is 1. The number of fused-ring (bicyclic) bond motifs is 1. The summed E-state index contributed by atoms with van der Waals surface area (Å²) in [5.74, 6) is -3.47. The second-order valence-corrected chi connectivity index (χ2v) is 12.3. The van der Waals surface area contributed by atoms with Gasteiger partial charge in [0.2, 0.25) is 0 Å². The van der Waals surface area contributed by atoms with Gasteiger partial charge in [-0.1, -0.05) is 41.9 Å². The Labute approximate surface area is 259 Å². The molecule has 0 radical (unpaired) electrons. The highest BCUT2D eigenvalue weighted by Gasteiger charge is 2.38. The zero-order valence-corrected chi connectivity index (χ0v) is 25.6. The molecule has 44 heavy (non-hydrogen) atoms. The van der Waals surface area contributed by atoms with E-state index in [1.807, 2.05) is 6.92 Å². The van der Waals surface area contributed by atoms with Gasteiger partial charge in [0.05, 0.1) is 39.7 Å². The molecule has 0 spiro atoms. The highest BCUT2D eigenvalue weighted by Crippen LogP contribution is 2.38. The van der Waals surface area contributed by atoms with Crippen LogP contribution < -0.4 is 10.1 Å².